The lowest BCUT2D eigenvalue weighted by Crippen LogP contribution is -2.33. The number of rotatable bonds is 5. The van der Waals surface area contributed by atoms with Gasteiger partial charge in [-0.1, -0.05) is 6.07 Å². The number of amides is 1. The Morgan fingerprint density at radius 1 is 1.12 bits per heavy atom. The molecule has 1 amide bonds. The summed E-state index contributed by atoms with van der Waals surface area (Å²) in [6.07, 6.45) is 10.7. The highest BCUT2D eigenvalue weighted by atomic mass is 16.5. The number of aryl methyl sites for hydroxylation is 1. The first-order chi connectivity index (χ1) is 20.3. The number of methoxy groups -OCH3 is 1. The van der Waals surface area contributed by atoms with Gasteiger partial charge in [-0.2, -0.15) is 10.2 Å². The molecule has 12 nitrogen and oxygen atoms in total. The van der Waals surface area contributed by atoms with Gasteiger partial charge >= 0.3 is 11.8 Å². The molecule has 0 aliphatic heterocycles. The molecule has 2 atom stereocenters. The molecule has 7 rings (SSSR count). The summed E-state index contributed by atoms with van der Waals surface area (Å²) >= 11 is 0. The molecule has 1 fully saturated rings. The molecule has 0 spiro atoms. The molecule has 5 heterocycles. The molecule has 1 aliphatic rings. The maximum absolute atomic E-state index is 13.5. The molecule has 5 aromatic heterocycles. The molecule has 1 aromatic carbocycles. The summed E-state index contributed by atoms with van der Waals surface area (Å²) in [6, 6.07) is 6.29. The molecule has 0 unspecified atom stereocenters. The number of hydrogen-bond donors (Lipinski definition) is 2. The highest BCUT2D eigenvalue weighted by Gasteiger charge is 2.31. The Kier molecular flexibility index (Phi) is 6.07. The lowest BCUT2D eigenvalue weighted by Gasteiger charge is -2.18. The van der Waals surface area contributed by atoms with Crippen LogP contribution in [0.1, 0.15) is 45.2 Å². The Morgan fingerprint density at radius 2 is 1.98 bits per heavy atom. The van der Waals surface area contributed by atoms with E-state index in [-0.39, 0.29) is 23.8 Å². The van der Waals surface area contributed by atoms with E-state index in [1.165, 1.54) is 7.11 Å². The number of aromatic nitrogens is 8. The molecule has 12 heteroatoms. The minimum Gasteiger partial charge on any atom is -0.453 e. The van der Waals surface area contributed by atoms with Crippen molar-refractivity contribution in [2.24, 2.45) is 7.05 Å². The standard InChI is InChI=1S/C30H31N9O3/c1-16(2)39-23-8-5-17(9-18(23)13-34-39)24-25-27-19(11-31-28(25)36-26(24)20-14-33-37(3)15-20)12-32-29(40)38(27)22-7-6-21(10-22)35-30(41)42-4/h5,8-9,11-16,21-22H,6-7,10H2,1-4H3,(H,32,40)(H,35,41)/t21-,22-/m1/s1. The lowest BCUT2D eigenvalue weighted by atomic mass is 9.98. The first kappa shape index (κ1) is 25.9. The molecule has 1 saturated carbocycles. The van der Waals surface area contributed by atoms with Crippen LogP contribution in [0.2, 0.25) is 0 Å². The molecule has 1 aliphatic carbocycles. The predicted octanol–water partition coefficient (Wildman–Crippen LogP) is 4.72. The van der Waals surface area contributed by atoms with Crippen LogP contribution in [0.25, 0.3) is 55.2 Å². The SMILES string of the molecule is COC(=O)N[C@@H]1CC[C@@H](n2c(=O)[nH]cc3cnc4nc(-c5cnn(C)c5)c(-c5ccc6c(cnn6C(C)C)c5)c4c32)C1. The predicted molar refractivity (Wildman–Crippen MR) is 159 cm³/mol. The third-order valence-electron chi connectivity index (χ3n) is 8.20. The second-order valence-electron chi connectivity index (χ2n) is 11.2. The number of H-pyrrole nitrogens is 1. The summed E-state index contributed by atoms with van der Waals surface area (Å²) in [4.78, 5) is 38.1. The van der Waals surface area contributed by atoms with Gasteiger partial charge in [0, 0.05) is 65.7 Å². The van der Waals surface area contributed by atoms with E-state index in [2.05, 4.69) is 52.5 Å². The fourth-order valence-electron chi connectivity index (χ4n) is 6.33. The van der Waals surface area contributed by atoms with Crippen molar-refractivity contribution in [1.82, 2.24) is 44.4 Å². The zero-order valence-electron chi connectivity index (χ0n) is 23.8. The van der Waals surface area contributed by atoms with Crippen LogP contribution in [0.3, 0.4) is 0 Å². The van der Waals surface area contributed by atoms with Crippen LogP contribution in [0.4, 0.5) is 4.79 Å². The molecular weight excluding hydrogens is 534 g/mol. The highest BCUT2D eigenvalue weighted by molar-refractivity contribution is 6.15. The molecule has 42 heavy (non-hydrogen) atoms. The average Bonchev–Trinajstić information content (AvgIpc) is 3.77. The van der Waals surface area contributed by atoms with Crippen molar-refractivity contribution in [2.45, 2.75) is 51.2 Å². The van der Waals surface area contributed by atoms with E-state index >= 15 is 0 Å². The van der Waals surface area contributed by atoms with Crippen molar-refractivity contribution in [3.8, 4) is 22.4 Å². The number of alkyl carbamates (subject to hydrolysis) is 1. The summed E-state index contributed by atoms with van der Waals surface area (Å²) in [5, 5.41) is 14.5. The zero-order chi connectivity index (χ0) is 29.1. The van der Waals surface area contributed by atoms with E-state index < -0.39 is 6.09 Å². The van der Waals surface area contributed by atoms with Crippen LogP contribution in [0, 0.1) is 0 Å². The number of carbonyl (C=O) groups is 1. The largest absolute Gasteiger partial charge is 0.453 e. The van der Waals surface area contributed by atoms with Crippen LogP contribution in [0.15, 0.2) is 54.0 Å². The second kappa shape index (κ2) is 9.82. The van der Waals surface area contributed by atoms with Crippen LogP contribution < -0.4 is 11.0 Å². The Morgan fingerprint density at radius 3 is 2.74 bits per heavy atom. The van der Waals surface area contributed by atoms with Gasteiger partial charge in [0.1, 0.15) is 0 Å². The quantitative estimate of drug-likeness (QED) is 0.308. The third kappa shape index (κ3) is 4.13. The minimum atomic E-state index is -0.469. The third-order valence-corrected chi connectivity index (χ3v) is 8.20. The van der Waals surface area contributed by atoms with Crippen molar-refractivity contribution in [1.29, 1.82) is 0 Å². The van der Waals surface area contributed by atoms with Crippen molar-refractivity contribution in [2.75, 3.05) is 7.11 Å². The van der Waals surface area contributed by atoms with E-state index in [0.717, 1.165) is 62.4 Å². The van der Waals surface area contributed by atoms with E-state index in [9.17, 15) is 9.59 Å². The number of carbonyl (C=O) groups excluding carboxylic acids is 1. The Labute approximate surface area is 240 Å². The Balaban J connectivity index is 1.50. The maximum Gasteiger partial charge on any atom is 0.407 e. The van der Waals surface area contributed by atoms with Gasteiger partial charge in [-0.25, -0.2) is 19.6 Å². The van der Waals surface area contributed by atoms with E-state index in [0.29, 0.717) is 12.1 Å². The molecular formula is C30H31N9O3. The first-order valence-electron chi connectivity index (χ1n) is 14.1. The lowest BCUT2D eigenvalue weighted by molar-refractivity contribution is 0.166. The highest BCUT2D eigenvalue weighted by Crippen LogP contribution is 2.42. The minimum absolute atomic E-state index is 0.0925. The van der Waals surface area contributed by atoms with Gasteiger partial charge in [-0.3, -0.25) is 13.9 Å². The number of aromatic amines is 1. The first-order valence-corrected chi connectivity index (χ1v) is 14.1. The maximum atomic E-state index is 13.5. The topological polar surface area (TPSA) is 138 Å². The number of nitrogens with zero attached hydrogens (tertiary/aromatic N) is 7. The number of hydrogen-bond acceptors (Lipinski definition) is 7. The van der Waals surface area contributed by atoms with Gasteiger partial charge in [0.2, 0.25) is 0 Å². The van der Waals surface area contributed by atoms with E-state index in [1.54, 1.807) is 23.3 Å². The smallest absolute Gasteiger partial charge is 0.407 e. The van der Waals surface area contributed by atoms with Crippen LogP contribution in [0.5, 0.6) is 0 Å². The molecule has 2 N–H and O–H groups in total. The summed E-state index contributed by atoms with van der Waals surface area (Å²) in [5.74, 6) is 0. The van der Waals surface area contributed by atoms with Crippen molar-refractivity contribution < 1.29 is 9.53 Å². The number of ether oxygens (including phenoxy) is 1. The van der Waals surface area contributed by atoms with Gasteiger partial charge in [-0.05, 0) is 50.8 Å². The average molecular weight is 566 g/mol. The Hall–Kier alpha value is -5.00. The molecule has 6 aromatic rings. The number of pyridine rings is 1. The summed E-state index contributed by atoms with van der Waals surface area (Å²) in [7, 11) is 3.23. The van der Waals surface area contributed by atoms with Gasteiger partial charge in [-0.15, -0.1) is 0 Å². The summed E-state index contributed by atoms with van der Waals surface area (Å²) in [5.41, 5.74) is 5.58. The van der Waals surface area contributed by atoms with Crippen molar-refractivity contribution in [3.05, 3.63) is 59.7 Å². The van der Waals surface area contributed by atoms with E-state index in [1.807, 2.05) is 28.7 Å². The monoisotopic (exact) mass is 565 g/mol. The van der Waals surface area contributed by atoms with Gasteiger partial charge in [0.05, 0.1) is 41.6 Å². The van der Waals surface area contributed by atoms with Gasteiger partial charge in [0.25, 0.3) is 0 Å². The fourth-order valence-corrected chi connectivity index (χ4v) is 6.33. The van der Waals surface area contributed by atoms with Crippen LogP contribution in [-0.2, 0) is 11.8 Å². The van der Waals surface area contributed by atoms with Gasteiger partial charge in [0.15, 0.2) is 5.65 Å². The summed E-state index contributed by atoms with van der Waals surface area (Å²) in [6.45, 7) is 4.22. The van der Waals surface area contributed by atoms with Crippen LogP contribution >= 0.6 is 0 Å². The number of nitrogens with one attached hydrogen (secondary N) is 2. The second-order valence-corrected chi connectivity index (χ2v) is 11.2. The number of benzene rings is 1. The molecule has 0 bridgehead atoms. The zero-order valence-corrected chi connectivity index (χ0v) is 23.8. The normalized spacial score (nSPS) is 17.2. The Bertz CT molecular complexity index is 2050. The number of fused-ring (bicyclic) bond motifs is 4. The van der Waals surface area contributed by atoms with Crippen molar-refractivity contribution >= 4 is 38.9 Å². The van der Waals surface area contributed by atoms with Crippen LogP contribution in [-0.4, -0.2) is 58.3 Å². The molecule has 214 valence electrons. The molecule has 0 radical (unpaired) electrons. The van der Waals surface area contributed by atoms with E-state index in [4.69, 9.17) is 14.7 Å². The molecule has 0 saturated heterocycles. The fraction of sp³-hybridized carbons (Fsp3) is 0.333. The summed E-state index contributed by atoms with van der Waals surface area (Å²) < 4.78 is 10.4. The van der Waals surface area contributed by atoms with Crippen molar-refractivity contribution in [3.63, 3.8) is 0 Å². The van der Waals surface area contributed by atoms with Gasteiger partial charge < -0.3 is 15.0 Å².